The van der Waals surface area contributed by atoms with Crippen molar-refractivity contribution in [3.05, 3.63) is 82.4 Å². The largest absolute Gasteiger partial charge is 0.256 e. The number of rotatable bonds is 5. The Hall–Kier alpha value is -2.50. The van der Waals surface area contributed by atoms with Crippen LogP contribution in [0.5, 0.6) is 0 Å². The van der Waals surface area contributed by atoms with Crippen LogP contribution in [0.1, 0.15) is 23.1 Å². The Morgan fingerprint density at radius 3 is 2.73 bits per heavy atom. The summed E-state index contributed by atoms with van der Waals surface area (Å²) in [4.78, 5) is 4.89. The van der Waals surface area contributed by atoms with E-state index in [2.05, 4.69) is 15.8 Å². The van der Waals surface area contributed by atoms with Crippen LogP contribution in [-0.2, 0) is 22.9 Å². The number of benzene rings is 2. The van der Waals surface area contributed by atoms with Crippen LogP contribution in [0.15, 0.2) is 65.7 Å². The Kier molecular flexibility index (Phi) is 4.57. The van der Waals surface area contributed by atoms with E-state index >= 15 is 0 Å². The van der Waals surface area contributed by atoms with E-state index in [0.29, 0.717) is 24.3 Å². The number of pyridine rings is 1. The Balaban J connectivity index is 1.48. The smallest absolute Gasteiger partial charge is 0.236 e. The zero-order valence-electron chi connectivity index (χ0n) is 14.4. The van der Waals surface area contributed by atoms with Gasteiger partial charge in [-0.05, 0) is 48.1 Å². The lowest BCUT2D eigenvalue weighted by atomic mass is 9.98. The van der Waals surface area contributed by atoms with Crippen molar-refractivity contribution < 1.29 is 8.42 Å². The summed E-state index contributed by atoms with van der Waals surface area (Å²) in [6, 6.07) is 17.9. The maximum Gasteiger partial charge on any atom is 0.236 e. The van der Waals surface area contributed by atoms with Crippen molar-refractivity contribution in [1.29, 1.82) is 0 Å². The number of nitrogens with one attached hydrogen (secondary N) is 1. The van der Waals surface area contributed by atoms with Crippen molar-refractivity contribution in [3.8, 4) is 0 Å². The summed E-state index contributed by atoms with van der Waals surface area (Å²) in [5.74, 6) is 0. The molecule has 3 aromatic rings. The second kappa shape index (κ2) is 7.02. The van der Waals surface area contributed by atoms with E-state index in [1.807, 2.05) is 48.5 Å². The molecule has 2 aromatic carbocycles. The maximum atomic E-state index is 12.7. The lowest BCUT2D eigenvalue weighted by molar-refractivity contribution is 0.586. The molecule has 5 heteroatoms. The first-order valence-corrected chi connectivity index (χ1v) is 10.2. The Bertz CT molecular complexity index is 1080. The average molecular weight is 364 g/mol. The molecule has 0 saturated heterocycles. The van der Waals surface area contributed by atoms with Crippen molar-refractivity contribution in [3.63, 3.8) is 0 Å². The highest BCUT2D eigenvalue weighted by molar-refractivity contribution is 7.93. The molecular formula is C21H20N2O2S. The second-order valence-corrected chi connectivity index (χ2v) is 8.27. The summed E-state index contributed by atoms with van der Waals surface area (Å²) in [5, 5.41) is 1.07. The molecule has 0 unspecified atom stereocenters. The molecule has 1 aromatic heterocycles. The average Bonchev–Trinajstić information content (AvgIpc) is 2.68. The molecule has 0 atom stereocenters. The molecule has 1 aliphatic rings. The van der Waals surface area contributed by atoms with Gasteiger partial charge < -0.3 is 0 Å². The number of para-hydroxylation sites is 1. The molecule has 1 N–H and O–H groups in total. The first-order chi connectivity index (χ1) is 12.6. The quantitative estimate of drug-likeness (QED) is 0.751. The number of nitrogens with zero attached hydrogens (tertiary/aromatic N) is 1. The molecule has 4 rings (SSSR count). The van der Waals surface area contributed by atoms with Crippen molar-refractivity contribution >= 4 is 27.0 Å². The Morgan fingerprint density at radius 1 is 0.962 bits per heavy atom. The summed E-state index contributed by atoms with van der Waals surface area (Å²) in [7, 11) is -3.46. The molecule has 0 fully saturated rings. The van der Waals surface area contributed by atoms with Crippen molar-refractivity contribution in [2.45, 2.75) is 19.3 Å². The van der Waals surface area contributed by atoms with Crippen LogP contribution in [0.3, 0.4) is 0 Å². The molecule has 0 spiro atoms. The molecule has 4 nitrogen and oxygen atoms in total. The molecule has 0 aliphatic heterocycles. The number of hydrogen-bond donors (Lipinski definition) is 1. The minimum Gasteiger partial charge on any atom is -0.256 e. The fourth-order valence-corrected chi connectivity index (χ4v) is 4.61. The summed E-state index contributed by atoms with van der Waals surface area (Å²) >= 11 is 0. The Morgan fingerprint density at radius 2 is 1.81 bits per heavy atom. The predicted molar refractivity (Wildman–Crippen MR) is 105 cm³/mol. The van der Waals surface area contributed by atoms with Crippen molar-refractivity contribution in [1.82, 2.24) is 9.71 Å². The topological polar surface area (TPSA) is 59.1 Å². The van der Waals surface area contributed by atoms with Gasteiger partial charge in [0, 0.05) is 18.1 Å². The Labute approximate surface area is 153 Å². The highest BCUT2D eigenvalue weighted by Gasteiger charge is 2.21. The number of allylic oxidation sites excluding steroid dienone is 1. The molecular weight excluding hydrogens is 344 g/mol. The van der Waals surface area contributed by atoms with Crippen LogP contribution in [0.4, 0.5) is 0 Å². The first-order valence-electron chi connectivity index (χ1n) is 8.74. The van der Waals surface area contributed by atoms with Crippen LogP contribution >= 0.6 is 0 Å². The van der Waals surface area contributed by atoms with Gasteiger partial charge in [0.25, 0.3) is 0 Å². The fraction of sp³-hybridized carbons (Fsp3) is 0.190. The van der Waals surface area contributed by atoms with Crippen LogP contribution in [0.25, 0.3) is 17.0 Å². The molecule has 132 valence electrons. The third-order valence-corrected chi connectivity index (χ3v) is 6.36. The number of aromatic nitrogens is 1. The van der Waals surface area contributed by atoms with Gasteiger partial charge in [-0.2, -0.15) is 0 Å². The van der Waals surface area contributed by atoms with E-state index in [-0.39, 0.29) is 0 Å². The lowest BCUT2D eigenvalue weighted by Crippen LogP contribution is -2.28. The second-order valence-electron chi connectivity index (χ2n) is 6.45. The summed E-state index contributed by atoms with van der Waals surface area (Å²) in [6.45, 7) is 0.358. The molecule has 0 saturated carbocycles. The first kappa shape index (κ1) is 16.9. The summed E-state index contributed by atoms with van der Waals surface area (Å²) in [5.41, 5.74) is 4.18. The highest BCUT2D eigenvalue weighted by atomic mass is 32.2. The van der Waals surface area contributed by atoms with Gasteiger partial charge >= 0.3 is 0 Å². The van der Waals surface area contributed by atoms with Gasteiger partial charge in [-0.1, -0.05) is 48.5 Å². The SMILES string of the molecule is O=S(=O)(NCCc1cccc2cccnc12)C1=Cc2ccccc2CC1. The van der Waals surface area contributed by atoms with E-state index in [1.165, 1.54) is 5.56 Å². The van der Waals surface area contributed by atoms with E-state index in [9.17, 15) is 8.42 Å². The normalized spacial score (nSPS) is 14.1. The van der Waals surface area contributed by atoms with E-state index < -0.39 is 10.0 Å². The van der Waals surface area contributed by atoms with Gasteiger partial charge in [-0.15, -0.1) is 0 Å². The minimum absolute atomic E-state index is 0.358. The number of fused-ring (bicyclic) bond motifs is 2. The zero-order chi connectivity index (χ0) is 18.0. The van der Waals surface area contributed by atoms with Gasteiger partial charge in [0.15, 0.2) is 0 Å². The van der Waals surface area contributed by atoms with Gasteiger partial charge in [0.2, 0.25) is 10.0 Å². The van der Waals surface area contributed by atoms with E-state index in [1.54, 1.807) is 12.3 Å². The highest BCUT2D eigenvalue weighted by Crippen LogP contribution is 2.26. The van der Waals surface area contributed by atoms with E-state index in [4.69, 9.17) is 0 Å². The molecule has 1 aliphatic carbocycles. The zero-order valence-corrected chi connectivity index (χ0v) is 15.2. The number of sulfonamides is 1. The van der Waals surface area contributed by atoms with Gasteiger partial charge in [-0.3, -0.25) is 4.98 Å². The molecule has 0 amide bonds. The molecule has 1 heterocycles. The monoisotopic (exact) mass is 364 g/mol. The molecule has 0 radical (unpaired) electrons. The van der Waals surface area contributed by atoms with Crippen molar-refractivity contribution in [2.24, 2.45) is 0 Å². The summed E-state index contributed by atoms with van der Waals surface area (Å²) < 4.78 is 28.1. The number of aryl methyl sites for hydroxylation is 1. The minimum atomic E-state index is -3.46. The lowest BCUT2D eigenvalue weighted by Gasteiger charge is -2.17. The summed E-state index contributed by atoms with van der Waals surface area (Å²) in [6.07, 6.45) is 5.47. The van der Waals surface area contributed by atoms with Crippen LogP contribution in [0, 0.1) is 0 Å². The standard InChI is InChI=1S/C21H20N2O2S/c24-26(25,20-11-10-16-5-1-2-6-19(16)15-20)23-14-12-18-8-3-7-17-9-4-13-22-21(17)18/h1-9,13,15,23H,10-12,14H2. The van der Waals surface area contributed by atoms with Gasteiger partial charge in [-0.25, -0.2) is 13.1 Å². The maximum absolute atomic E-state index is 12.7. The predicted octanol–water partition coefficient (Wildman–Crippen LogP) is 3.68. The molecule has 0 bridgehead atoms. The molecule has 26 heavy (non-hydrogen) atoms. The van der Waals surface area contributed by atoms with E-state index in [0.717, 1.165) is 28.5 Å². The van der Waals surface area contributed by atoms with Gasteiger partial charge in [0.05, 0.1) is 10.4 Å². The third-order valence-electron chi connectivity index (χ3n) is 4.76. The fourth-order valence-electron chi connectivity index (χ4n) is 3.40. The third kappa shape index (κ3) is 3.41. The number of hydrogen-bond acceptors (Lipinski definition) is 3. The van der Waals surface area contributed by atoms with Crippen LogP contribution < -0.4 is 4.72 Å². The van der Waals surface area contributed by atoms with Crippen molar-refractivity contribution in [2.75, 3.05) is 6.54 Å². The van der Waals surface area contributed by atoms with Crippen LogP contribution in [-0.4, -0.2) is 19.9 Å². The van der Waals surface area contributed by atoms with Crippen LogP contribution in [0.2, 0.25) is 0 Å². The van der Waals surface area contributed by atoms with Gasteiger partial charge in [0.1, 0.15) is 0 Å².